The van der Waals surface area contributed by atoms with Gasteiger partial charge in [0.05, 0.1) is 6.33 Å². The number of halogens is 2. The van der Waals surface area contributed by atoms with Gasteiger partial charge in [0.15, 0.2) is 0 Å². The molecule has 0 atom stereocenters. The zero-order chi connectivity index (χ0) is 9.26. The first-order chi connectivity index (χ1) is 6.29. The van der Waals surface area contributed by atoms with Crippen molar-refractivity contribution in [3.8, 4) is 0 Å². The van der Waals surface area contributed by atoms with Crippen LogP contribution in [0.15, 0.2) is 28.9 Å². The number of furan rings is 1. The van der Waals surface area contributed by atoms with Crippen LogP contribution in [0.2, 0.25) is 5.02 Å². The molecule has 3 heteroatoms. The van der Waals surface area contributed by atoms with Crippen molar-refractivity contribution in [1.82, 2.24) is 0 Å². The van der Waals surface area contributed by atoms with E-state index in [0.29, 0.717) is 22.7 Å². The van der Waals surface area contributed by atoms with Crippen LogP contribution in [-0.4, -0.2) is 0 Å². The normalized spacial score (nSPS) is 11.5. The first kappa shape index (κ1) is 8.32. The first-order valence-electron chi connectivity index (χ1n) is 3.67. The fraction of sp³-hybridized carbons (Fsp3) is 0. The molecule has 13 heavy (non-hydrogen) atoms. The van der Waals surface area contributed by atoms with Gasteiger partial charge in [-0.15, -0.1) is 0 Å². The van der Waals surface area contributed by atoms with Crippen LogP contribution in [0.3, 0.4) is 0 Å². The molecule has 2 aromatic rings. The Hall–Kier alpha value is -1.28. The van der Waals surface area contributed by atoms with Crippen LogP contribution in [0.1, 0.15) is 5.76 Å². The lowest BCUT2D eigenvalue weighted by Crippen LogP contribution is -1.63. The first-order valence-corrected chi connectivity index (χ1v) is 4.05. The predicted molar refractivity (Wildman–Crippen MR) is 50.2 cm³/mol. The van der Waals surface area contributed by atoms with Crippen molar-refractivity contribution in [3.05, 3.63) is 41.4 Å². The standard InChI is InChI=1S/C10H5ClFO/c11-8-2-1-7-5-9(3-4-12)13-10(7)6-8/h2-6H. The molecule has 1 nitrogen and oxygen atoms in total. The maximum Gasteiger partial charge on any atom is 0.136 e. The summed E-state index contributed by atoms with van der Waals surface area (Å²) in [5, 5.41) is 1.34. The Kier molecular flexibility index (Phi) is 2.07. The maximum atomic E-state index is 11.8. The largest absolute Gasteiger partial charge is 0.457 e. The van der Waals surface area contributed by atoms with E-state index in [0.717, 1.165) is 5.39 Å². The van der Waals surface area contributed by atoms with Gasteiger partial charge in [-0.2, -0.15) is 0 Å². The molecule has 0 bridgehead atoms. The number of benzene rings is 1. The van der Waals surface area contributed by atoms with E-state index in [1.807, 2.05) is 0 Å². The van der Waals surface area contributed by atoms with Gasteiger partial charge >= 0.3 is 0 Å². The minimum atomic E-state index is 0.430. The van der Waals surface area contributed by atoms with Crippen LogP contribution < -0.4 is 0 Å². The number of rotatable bonds is 1. The molecule has 65 valence electrons. The third-order valence-electron chi connectivity index (χ3n) is 1.64. The molecule has 0 amide bonds. The number of hydrogen-bond acceptors (Lipinski definition) is 1. The summed E-state index contributed by atoms with van der Waals surface area (Å²) in [5.41, 5.74) is 0.612. The summed E-state index contributed by atoms with van der Waals surface area (Å²) >= 11 is 5.72. The second kappa shape index (κ2) is 3.23. The molecule has 1 aromatic carbocycles. The zero-order valence-corrected chi connectivity index (χ0v) is 7.31. The summed E-state index contributed by atoms with van der Waals surface area (Å²) in [7, 11) is 0. The molecule has 1 heterocycles. The van der Waals surface area contributed by atoms with E-state index in [9.17, 15) is 4.39 Å². The van der Waals surface area contributed by atoms with Gasteiger partial charge in [0.25, 0.3) is 0 Å². The van der Waals surface area contributed by atoms with E-state index in [1.165, 1.54) is 6.08 Å². The average molecular weight is 196 g/mol. The second-order valence-corrected chi connectivity index (χ2v) is 2.97. The van der Waals surface area contributed by atoms with Crippen LogP contribution in [-0.2, 0) is 0 Å². The SMILES string of the molecule is FC=Cc1cc2[c]cc(Cl)cc2o1. The van der Waals surface area contributed by atoms with Gasteiger partial charge in [0.2, 0.25) is 0 Å². The molecule has 1 aromatic heterocycles. The van der Waals surface area contributed by atoms with Gasteiger partial charge in [-0.1, -0.05) is 11.6 Å². The van der Waals surface area contributed by atoms with Gasteiger partial charge in [0.1, 0.15) is 11.3 Å². The van der Waals surface area contributed by atoms with Crippen molar-refractivity contribution < 1.29 is 8.81 Å². The van der Waals surface area contributed by atoms with E-state index in [4.69, 9.17) is 16.0 Å². The third-order valence-corrected chi connectivity index (χ3v) is 1.86. The van der Waals surface area contributed by atoms with Gasteiger partial charge in [0, 0.05) is 22.6 Å². The minimum absolute atomic E-state index is 0.430. The van der Waals surface area contributed by atoms with Gasteiger partial charge in [-0.3, -0.25) is 0 Å². The Morgan fingerprint density at radius 2 is 2.31 bits per heavy atom. The quantitative estimate of drug-likeness (QED) is 0.674. The van der Waals surface area contributed by atoms with E-state index < -0.39 is 0 Å². The Morgan fingerprint density at radius 3 is 3.08 bits per heavy atom. The molecule has 0 unspecified atom stereocenters. The molecular weight excluding hydrogens is 191 g/mol. The van der Waals surface area contributed by atoms with Crippen LogP contribution >= 0.6 is 11.6 Å². The molecule has 1 radical (unpaired) electrons. The smallest absolute Gasteiger partial charge is 0.136 e. The van der Waals surface area contributed by atoms with Crippen LogP contribution in [0.25, 0.3) is 17.0 Å². The Labute approximate surface area is 79.4 Å². The third kappa shape index (κ3) is 1.58. The van der Waals surface area contributed by atoms with E-state index in [2.05, 4.69) is 6.07 Å². The van der Waals surface area contributed by atoms with Crippen molar-refractivity contribution in [2.24, 2.45) is 0 Å². The highest BCUT2D eigenvalue weighted by molar-refractivity contribution is 6.31. The van der Waals surface area contributed by atoms with Crippen molar-refractivity contribution >= 4 is 28.6 Å². The van der Waals surface area contributed by atoms with Crippen LogP contribution in [0.5, 0.6) is 0 Å². The molecule has 2 rings (SSSR count). The van der Waals surface area contributed by atoms with Crippen molar-refractivity contribution in [3.63, 3.8) is 0 Å². The lowest BCUT2D eigenvalue weighted by molar-refractivity contribution is 0.601. The molecular formula is C10H5ClFO. The molecule has 0 aliphatic heterocycles. The summed E-state index contributed by atoms with van der Waals surface area (Å²) in [5.74, 6) is 0.455. The van der Waals surface area contributed by atoms with Crippen LogP contribution in [0, 0.1) is 6.07 Å². The van der Waals surface area contributed by atoms with E-state index >= 15 is 0 Å². The molecule has 0 saturated heterocycles. The van der Waals surface area contributed by atoms with Gasteiger partial charge in [-0.25, -0.2) is 4.39 Å². The van der Waals surface area contributed by atoms with Gasteiger partial charge < -0.3 is 4.42 Å². The van der Waals surface area contributed by atoms with E-state index in [1.54, 1.807) is 18.2 Å². The summed E-state index contributed by atoms with van der Waals surface area (Å²) in [6, 6.07) is 7.92. The zero-order valence-electron chi connectivity index (χ0n) is 6.55. The van der Waals surface area contributed by atoms with Crippen molar-refractivity contribution in [1.29, 1.82) is 0 Å². The minimum Gasteiger partial charge on any atom is -0.457 e. The highest BCUT2D eigenvalue weighted by Gasteiger charge is 2.01. The number of hydrogen-bond donors (Lipinski definition) is 0. The molecule has 0 aliphatic carbocycles. The summed E-state index contributed by atoms with van der Waals surface area (Å²) in [6.07, 6.45) is 1.67. The molecule has 0 fully saturated rings. The summed E-state index contributed by atoms with van der Waals surface area (Å²) in [4.78, 5) is 0. The second-order valence-electron chi connectivity index (χ2n) is 2.54. The lowest BCUT2D eigenvalue weighted by atomic mass is 10.2. The average Bonchev–Trinajstić information content (AvgIpc) is 2.46. The molecule has 0 aliphatic rings. The van der Waals surface area contributed by atoms with E-state index in [-0.39, 0.29) is 0 Å². The van der Waals surface area contributed by atoms with Gasteiger partial charge in [-0.05, 0) is 18.2 Å². The van der Waals surface area contributed by atoms with Crippen LogP contribution in [0.4, 0.5) is 4.39 Å². The Balaban J connectivity index is 2.62. The number of fused-ring (bicyclic) bond motifs is 1. The monoisotopic (exact) mass is 195 g/mol. The summed E-state index contributed by atoms with van der Waals surface area (Å²) in [6.45, 7) is 0. The fourth-order valence-electron chi connectivity index (χ4n) is 1.10. The summed E-state index contributed by atoms with van der Waals surface area (Å²) < 4.78 is 17.1. The highest BCUT2D eigenvalue weighted by atomic mass is 35.5. The molecule has 0 spiro atoms. The van der Waals surface area contributed by atoms with Crippen molar-refractivity contribution in [2.45, 2.75) is 0 Å². The van der Waals surface area contributed by atoms with Crippen molar-refractivity contribution in [2.75, 3.05) is 0 Å². The fourth-order valence-corrected chi connectivity index (χ4v) is 1.26. The maximum absolute atomic E-state index is 11.8. The topological polar surface area (TPSA) is 13.1 Å². The predicted octanol–water partition coefficient (Wildman–Crippen LogP) is 3.83. The molecule has 0 saturated carbocycles. The highest BCUT2D eigenvalue weighted by Crippen LogP contribution is 2.23. The lowest BCUT2D eigenvalue weighted by Gasteiger charge is -1.86. The molecule has 0 N–H and O–H groups in total. The Bertz CT molecular complexity index is 459. The Morgan fingerprint density at radius 1 is 1.46 bits per heavy atom.